The van der Waals surface area contributed by atoms with Crippen LogP contribution in [0.3, 0.4) is 0 Å². The minimum absolute atomic E-state index is 0.115. The second-order valence-corrected chi connectivity index (χ2v) is 5.37. The molecule has 0 spiro atoms. The Bertz CT molecular complexity index is 564. The molecule has 1 aliphatic rings. The van der Waals surface area contributed by atoms with Crippen molar-refractivity contribution in [2.24, 2.45) is 17.6 Å². The molecule has 0 saturated carbocycles. The van der Waals surface area contributed by atoms with Crippen LogP contribution in [0.15, 0.2) is 18.2 Å². The quantitative estimate of drug-likeness (QED) is 0.795. The van der Waals surface area contributed by atoms with Crippen LogP contribution in [-0.4, -0.2) is 30.4 Å². The SMILES string of the molecule is CC1CN(C(=O)c2ccc(C#CCN)cc2F)CC1C. The normalized spacial score (nSPS) is 21.5. The van der Waals surface area contributed by atoms with Crippen molar-refractivity contribution in [1.29, 1.82) is 0 Å². The fourth-order valence-electron chi connectivity index (χ4n) is 2.39. The molecule has 106 valence electrons. The predicted octanol–water partition coefficient (Wildman–Crippen LogP) is 1.86. The van der Waals surface area contributed by atoms with E-state index in [9.17, 15) is 9.18 Å². The molecule has 0 bridgehead atoms. The van der Waals surface area contributed by atoms with E-state index in [-0.39, 0.29) is 18.0 Å². The molecule has 4 heteroatoms. The molecule has 1 aliphatic heterocycles. The zero-order chi connectivity index (χ0) is 14.7. The Labute approximate surface area is 119 Å². The van der Waals surface area contributed by atoms with Crippen molar-refractivity contribution in [2.75, 3.05) is 19.6 Å². The maximum atomic E-state index is 14.0. The van der Waals surface area contributed by atoms with Gasteiger partial charge in [-0.05, 0) is 30.0 Å². The second-order valence-electron chi connectivity index (χ2n) is 5.37. The summed E-state index contributed by atoms with van der Waals surface area (Å²) < 4.78 is 14.0. The van der Waals surface area contributed by atoms with E-state index in [1.54, 1.807) is 11.0 Å². The molecule has 2 N–H and O–H groups in total. The van der Waals surface area contributed by atoms with Crippen LogP contribution in [0, 0.1) is 29.5 Å². The van der Waals surface area contributed by atoms with E-state index in [0.29, 0.717) is 30.5 Å². The van der Waals surface area contributed by atoms with Gasteiger partial charge >= 0.3 is 0 Å². The third-order valence-corrected chi connectivity index (χ3v) is 3.81. The molecule has 1 amide bonds. The van der Waals surface area contributed by atoms with Crippen LogP contribution < -0.4 is 5.73 Å². The summed E-state index contributed by atoms with van der Waals surface area (Å²) in [5, 5.41) is 0. The number of hydrogen-bond donors (Lipinski definition) is 1. The lowest BCUT2D eigenvalue weighted by Gasteiger charge is -2.16. The van der Waals surface area contributed by atoms with Gasteiger partial charge in [-0.25, -0.2) is 4.39 Å². The highest BCUT2D eigenvalue weighted by molar-refractivity contribution is 5.94. The number of benzene rings is 1. The summed E-state index contributed by atoms with van der Waals surface area (Å²) in [5.41, 5.74) is 5.92. The number of likely N-dealkylation sites (tertiary alicyclic amines) is 1. The third-order valence-electron chi connectivity index (χ3n) is 3.81. The van der Waals surface area contributed by atoms with E-state index >= 15 is 0 Å². The lowest BCUT2D eigenvalue weighted by atomic mass is 10.0. The molecule has 1 aromatic carbocycles. The Hall–Kier alpha value is -1.86. The fraction of sp³-hybridized carbons (Fsp3) is 0.438. The van der Waals surface area contributed by atoms with Gasteiger partial charge in [-0.15, -0.1) is 0 Å². The average Bonchev–Trinajstić information content (AvgIpc) is 2.76. The minimum atomic E-state index is -0.522. The average molecular weight is 274 g/mol. The van der Waals surface area contributed by atoms with E-state index in [4.69, 9.17) is 5.73 Å². The summed E-state index contributed by atoms with van der Waals surface area (Å²) in [5.74, 6) is 5.57. The number of nitrogens with zero attached hydrogens (tertiary/aromatic N) is 1. The number of carbonyl (C=O) groups is 1. The molecular weight excluding hydrogens is 255 g/mol. The van der Waals surface area contributed by atoms with Gasteiger partial charge in [-0.2, -0.15) is 0 Å². The van der Waals surface area contributed by atoms with E-state index in [1.807, 2.05) is 0 Å². The topological polar surface area (TPSA) is 46.3 Å². The smallest absolute Gasteiger partial charge is 0.256 e. The van der Waals surface area contributed by atoms with Crippen LogP contribution in [0.4, 0.5) is 4.39 Å². The molecule has 0 aliphatic carbocycles. The van der Waals surface area contributed by atoms with Crippen molar-refractivity contribution in [3.05, 3.63) is 35.1 Å². The summed E-state index contributed by atoms with van der Waals surface area (Å²) in [7, 11) is 0. The molecular formula is C16H19FN2O. The standard InChI is InChI=1S/C16H19FN2O/c1-11-9-19(10-12(11)2)16(20)14-6-5-13(4-3-7-18)8-15(14)17/h5-6,8,11-12H,7,9-10,18H2,1-2H3. The second kappa shape index (κ2) is 6.06. The fourth-order valence-corrected chi connectivity index (χ4v) is 2.39. The van der Waals surface area contributed by atoms with Gasteiger partial charge < -0.3 is 10.6 Å². The molecule has 1 heterocycles. The molecule has 2 atom stereocenters. The van der Waals surface area contributed by atoms with E-state index in [2.05, 4.69) is 25.7 Å². The number of halogens is 1. The van der Waals surface area contributed by atoms with Crippen LogP contribution in [0.1, 0.15) is 29.8 Å². The summed E-state index contributed by atoms with van der Waals surface area (Å²) in [6.07, 6.45) is 0. The number of rotatable bonds is 1. The molecule has 1 fully saturated rings. The number of carbonyl (C=O) groups excluding carboxylic acids is 1. The van der Waals surface area contributed by atoms with Gasteiger partial charge in [0.2, 0.25) is 0 Å². The van der Waals surface area contributed by atoms with Gasteiger partial charge in [0.05, 0.1) is 12.1 Å². The van der Waals surface area contributed by atoms with Gasteiger partial charge in [0.15, 0.2) is 0 Å². The van der Waals surface area contributed by atoms with Crippen LogP contribution >= 0.6 is 0 Å². The van der Waals surface area contributed by atoms with Crippen LogP contribution in [0.2, 0.25) is 0 Å². The first kappa shape index (κ1) is 14.5. The first-order chi connectivity index (χ1) is 9.52. The lowest BCUT2D eigenvalue weighted by molar-refractivity contribution is 0.0780. The summed E-state index contributed by atoms with van der Waals surface area (Å²) in [4.78, 5) is 14.0. The summed E-state index contributed by atoms with van der Waals surface area (Å²) in [6, 6.07) is 4.45. The van der Waals surface area contributed by atoms with Crippen LogP contribution in [0.5, 0.6) is 0 Å². The summed E-state index contributed by atoms with van der Waals surface area (Å²) in [6.45, 7) is 5.83. The van der Waals surface area contributed by atoms with Gasteiger partial charge in [0.25, 0.3) is 5.91 Å². The molecule has 2 rings (SSSR count). The van der Waals surface area contributed by atoms with Crippen molar-refractivity contribution in [3.63, 3.8) is 0 Å². The predicted molar refractivity (Wildman–Crippen MR) is 76.6 cm³/mol. The number of hydrogen-bond acceptors (Lipinski definition) is 2. The largest absolute Gasteiger partial charge is 0.338 e. The number of amides is 1. The Morgan fingerprint density at radius 3 is 2.60 bits per heavy atom. The zero-order valence-electron chi connectivity index (χ0n) is 11.8. The Morgan fingerprint density at radius 1 is 1.40 bits per heavy atom. The van der Waals surface area contributed by atoms with Crippen molar-refractivity contribution < 1.29 is 9.18 Å². The highest BCUT2D eigenvalue weighted by atomic mass is 19.1. The first-order valence-electron chi connectivity index (χ1n) is 6.80. The maximum absolute atomic E-state index is 14.0. The van der Waals surface area contributed by atoms with Gasteiger partial charge in [-0.3, -0.25) is 4.79 Å². The van der Waals surface area contributed by atoms with E-state index < -0.39 is 5.82 Å². The van der Waals surface area contributed by atoms with Crippen molar-refractivity contribution in [3.8, 4) is 11.8 Å². The van der Waals surface area contributed by atoms with E-state index in [1.165, 1.54) is 12.1 Å². The highest BCUT2D eigenvalue weighted by Crippen LogP contribution is 2.24. The minimum Gasteiger partial charge on any atom is -0.338 e. The summed E-state index contributed by atoms with van der Waals surface area (Å²) >= 11 is 0. The van der Waals surface area contributed by atoms with E-state index in [0.717, 1.165) is 0 Å². The molecule has 3 nitrogen and oxygen atoms in total. The monoisotopic (exact) mass is 274 g/mol. The van der Waals surface area contributed by atoms with Crippen LogP contribution in [-0.2, 0) is 0 Å². The molecule has 0 aromatic heterocycles. The van der Waals surface area contributed by atoms with Gasteiger partial charge in [0.1, 0.15) is 5.82 Å². The molecule has 2 unspecified atom stereocenters. The highest BCUT2D eigenvalue weighted by Gasteiger charge is 2.30. The van der Waals surface area contributed by atoms with Crippen molar-refractivity contribution in [1.82, 2.24) is 4.90 Å². The molecule has 20 heavy (non-hydrogen) atoms. The Morgan fingerprint density at radius 2 is 2.05 bits per heavy atom. The Balaban J connectivity index is 2.19. The number of nitrogens with two attached hydrogens (primary N) is 1. The maximum Gasteiger partial charge on any atom is 0.256 e. The van der Waals surface area contributed by atoms with Crippen molar-refractivity contribution in [2.45, 2.75) is 13.8 Å². The van der Waals surface area contributed by atoms with Gasteiger partial charge in [0, 0.05) is 18.7 Å². The Kier molecular flexibility index (Phi) is 4.41. The molecule has 1 aromatic rings. The molecule has 1 saturated heterocycles. The third kappa shape index (κ3) is 3.00. The zero-order valence-corrected chi connectivity index (χ0v) is 11.8. The van der Waals surface area contributed by atoms with Gasteiger partial charge in [-0.1, -0.05) is 25.7 Å². The van der Waals surface area contributed by atoms with Crippen molar-refractivity contribution >= 4 is 5.91 Å². The van der Waals surface area contributed by atoms with Crippen LogP contribution in [0.25, 0.3) is 0 Å². The first-order valence-corrected chi connectivity index (χ1v) is 6.80. The lowest BCUT2D eigenvalue weighted by Crippen LogP contribution is -2.29. The molecule has 0 radical (unpaired) electrons.